The van der Waals surface area contributed by atoms with Crippen molar-refractivity contribution in [2.24, 2.45) is 11.8 Å². The van der Waals surface area contributed by atoms with Gasteiger partial charge in [-0.25, -0.2) is 0 Å². The first-order valence-corrected chi connectivity index (χ1v) is 8.13. The summed E-state index contributed by atoms with van der Waals surface area (Å²) in [5.41, 5.74) is 1.06. The molecule has 1 aromatic rings. The number of amides is 1. The Kier molecular flexibility index (Phi) is 5.28. The molecule has 0 saturated carbocycles. The lowest BCUT2D eigenvalue weighted by molar-refractivity contribution is -0.131. The Balaban J connectivity index is 2.30. The van der Waals surface area contributed by atoms with E-state index in [0.29, 0.717) is 16.9 Å². The highest BCUT2D eigenvalue weighted by atomic mass is 35.5. The summed E-state index contributed by atoms with van der Waals surface area (Å²) in [5.74, 6) is 0.979. The molecule has 116 valence electrons. The van der Waals surface area contributed by atoms with Crippen LogP contribution in [0.3, 0.4) is 0 Å². The molecular weight excluding hydrogens is 284 g/mol. The lowest BCUT2D eigenvalue weighted by Crippen LogP contribution is -2.36. The molecule has 0 spiro atoms. The van der Waals surface area contributed by atoms with Crippen molar-refractivity contribution in [1.82, 2.24) is 10.2 Å². The van der Waals surface area contributed by atoms with Crippen LogP contribution in [0.2, 0.25) is 5.02 Å². The van der Waals surface area contributed by atoms with Gasteiger partial charge >= 0.3 is 0 Å². The number of halogens is 1. The monoisotopic (exact) mass is 308 g/mol. The molecule has 1 fully saturated rings. The number of hydrogen-bond donors (Lipinski definition) is 1. The van der Waals surface area contributed by atoms with E-state index in [1.807, 2.05) is 29.2 Å². The Bertz CT molecular complexity index is 503. The molecule has 4 heteroatoms. The van der Waals surface area contributed by atoms with Crippen molar-refractivity contribution in [1.29, 1.82) is 0 Å². The van der Waals surface area contributed by atoms with Crippen LogP contribution < -0.4 is 5.32 Å². The Labute approximate surface area is 132 Å². The van der Waals surface area contributed by atoms with E-state index in [0.717, 1.165) is 18.5 Å². The number of nitrogens with one attached hydrogen (secondary N) is 1. The second-order valence-electron chi connectivity index (χ2n) is 6.37. The summed E-state index contributed by atoms with van der Waals surface area (Å²) in [5, 5.41) is 4.21. The van der Waals surface area contributed by atoms with Crippen LogP contribution in [-0.4, -0.2) is 23.4 Å². The van der Waals surface area contributed by atoms with E-state index in [2.05, 4.69) is 33.0 Å². The molecule has 0 aliphatic carbocycles. The molecule has 1 aliphatic heterocycles. The van der Waals surface area contributed by atoms with Crippen LogP contribution in [0.1, 0.15) is 45.8 Å². The molecule has 0 bridgehead atoms. The van der Waals surface area contributed by atoms with Crippen LogP contribution in [0.4, 0.5) is 0 Å². The van der Waals surface area contributed by atoms with Gasteiger partial charge in [0, 0.05) is 11.6 Å². The second-order valence-corrected chi connectivity index (χ2v) is 6.81. The zero-order chi connectivity index (χ0) is 15.6. The normalized spacial score (nSPS) is 23.9. The van der Waals surface area contributed by atoms with Gasteiger partial charge in [-0.15, -0.1) is 0 Å². The SMILES string of the molecule is CCC(C)C1NC(c2cccc(Cl)c2)N(CC(C)C)C1=O. The molecule has 3 atom stereocenters. The number of nitrogens with zero attached hydrogens (tertiary/aromatic N) is 1. The van der Waals surface area contributed by atoms with Gasteiger partial charge < -0.3 is 4.90 Å². The number of benzene rings is 1. The van der Waals surface area contributed by atoms with Crippen LogP contribution in [-0.2, 0) is 4.79 Å². The van der Waals surface area contributed by atoms with E-state index >= 15 is 0 Å². The first kappa shape index (κ1) is 16.3. The molecule has 0 radical (unpaired) electrons. The van der Waals surface area contributed by atoms with Crippen molar-refractivity contribution >= 4 is 17.5 Å². The van der Waals surface area contributed by atoms with Gasteiger partial charge in [-0.2, -0.15) is 0 Å². The average Bonchev–Trinajstić information content (AvgIpc) is 2.75. The highest BCUT2D eigenvalue weighted by Crippen LogP contribution is 2.30. The maximum absolute atomic E-state index is 12.7. The van der Waals surface area contributed by atoms with Crippen molar-refractivity contribution in [2.45, 2.75) is 46.3 Å². The minimum atomic E-state index is -0.0993. The molecule has 1 aliphatic rings. The summed E-state index contributed by atoms with van der Waals surface area (Å²) in [7, 11) is 0. The summed E-state index contributed by atoms with van der Waals surface area (Å²) in [6, 6.07) is 7.68. The minimum Gasteiger partial charge on any atom is -0.321 e. The third-order valence-electron chi connectivity index (χ3n) is 4.14. The minimum absolute atomic E-state index is 0.0717. The van der Waals surface area contributed by atoms with Crippen LogP contribution in [0.15, 0.2) is 24.3 Å². The Morgan fingerprint density at radius 1 is 1.33 bits per heavy atom. The topological polar surface area (TPSA) is 32.3 Å². The van der Waals surface area contributed by atoms with E-state index in [1.54, 1.807) is 0 Å². The molecule has 1 saturated heterocycles. The fourth-order valence-electron chi connectivity index (χ4n) is 2.82. The molecule has 21 heavy (non-hydrogen) atoms. The maximum Gasteiger partial charge on any atom is 0.241 e. The summed E-state index contributed by atoms with van der Waals surface area (Å²) >= 11 is 6.11. The maximum atomic E-state index is 12.7. The van der Waals surface area contributed by atoms with E-state index in [9.17, 15) is 4.79 Å². The zero-order valence-electron chi connectivity index (χ0n) is 13.3. The van der Waals surface area contributed by atoms with Crippen molar-refractivity contribution < 1.29 is 4.79 Å². The molecule has 1 N–H and O–H groups in total. The first-order chi connectivity index (χ1) is 9.93. The summed E-state index contributed by atoms with van der Waals surface area (Å²) in [4.78, 5) is 14.7. The molecule has 0 aromatic heterocycles. The van der Waals surface area contributed by atoms with Crippen LogP contribution in [0.5, 0.6) is 0 Å². The number of carbonyl (C=O) groups excluding carboxylic acids is 1. The van der Waals surface area contributed by atoms with Gasteiger partial charge in [0.25, 0.3) is 0 Å². The van der Waals surface area contributed by atoms with Gasteiger partial charge in [-0.05, 0) is 29.5 Å². The highest BCUT2D eigenvalue weighted by Gasteiger charge is 2.41. The first-order valence-electron chi connectivity index (χ1n) is 7.76. The van der Waals surface area contributed by atoms with Gasteiger partial charge in [-0.1, -0.05) is 57.8 Å². The van der Waals surface area contributed by atoms with Crippen molar-refractivity contribution in [2.75, 3.05) is 6.54 Å². The van der Waals surface area contributed by atoms with Crippen LogP contribution >= 0.6 is 11.6 Å². The third-order valence-corrected chi connectivity index (χ3v) is 4.37. The lowest BCUT2D eigenvalue weighted by Gasteiger charge is -2.26. The number of hydrogen-bond acceptors (Lipinski definition) is 2. The summed E-state index contributed by atoms with van der Waals surface area (Å²) in [6.07, 6.45) is 0.916. The van der Waals surface area contributed by atoms with Crippen LogP contribution in [0.25, 0.3) is 0 Å². The van der Waals surface area contributed by atoms with E-state index in [-0.39, 0.29) is 18.1 Å². The fraction of sp³-hybridized carbons (Fsp3) is 0.588. The van der Waals surface area contributed by atoms with Crippen molar-refractivity contribution in [3.63, 3.8) is 0 Å². The average molecular weight is 309 g/mol. The van der Waals surface area contributed by atoms with Crippen molar-refractivity contribution in [3.05, 3.63) is 34.9 Å². The number of rotatable bonds is 5. The molecule has 1 heterocycles. The van der Waals surface area contributed by atoms with E-state index < -0.39 is 0 Å². The van der Waals surface area contributed by atoms with Gasteiger partial charge in [-0.3, -0.25) is 10.1 Å². The van der Waals surface area contributed by atoms with E-state index in [4.69, 9.17) is 11.6 Å². The fourth-order valence-corrected chi connectivity index (χ4v) is 3.02. The predicted octanol–water partition coefficient (Wildman–Crippen LogP) is 3.84. The summed E-state index contributed by atoms with van der Waals surface area (Å²) < 4.78 is 0. The third kappa shape index (κ3) is 3.58. The lowest BCUT2D eigenvalue weighted by atomic mass is 9.99. The Morgan fingerprint density at radius 3 is 2.62 bits per heavy atom. The smallest absolute Gasteiger partial charge is 0.241 e. The molecule has 2 rings (SSSR count). The van der Waals surface area contributed by atoms with Gasteiger partial charge in [0.1, 0.15) is 6.17 Å². The largest absolute Gasteiger partial charge is 0.321 e. The zero-order valence-corrected chi connectivity index (χ0v) is 14.0. The van der Waals surface area contributed by atoms with Gasteiger partial charge in [0.05, 0.1) is 6.04 Å². The predicted molar refractivity (Wildman–Crippen MR) is 87.1 cm³/mol. The summed E-state index contributed by atoms with van der Waals surface area (Å²) in [6.45, 7) is 9.29. The Morgan fingerprint density at radius 2 is 2.05 bits per heavy atom. The molecule has 1 amide bonds. The molecular formula is C17H25ClN2O. The Hall–Kier alpha value is -1.06. The number of carbonyl (C=O) groups is 1. The highest BCUT2D eigenvalue weighted by molar-refractivity contribution is 6.30. The van der Waals surface area contributed by atoms with Gasteiger partial charge in [0.2, 0.25) is 5.91 Å². The van der Waals surface area contributed by atoms with Crippen molar-refractivity contribution in [3.8, 4) is 0 Å². The van der Waals surface area contributed by atoms with E-state index in [1.165, 1.54) is 0 Å². The quantitative estimate of drug-likeness (QED) is 0.896. The van der Waals surface area contributed by atoms with Gasteiger partial charge in [0.15, 0.2) is 0 Å². The standard InChI is InChI=1S/C17H25ClN2O/c1-5-12(4)15-17(21)20(10-11(2)3)16(19-15)13-7-6-8-14(18)9-13/h6-9,11-12,15-16,19H,5,10H2,1-4H3. The molecule has 1 aromatic carbocycles. The van der Waals surface area contributed by atoms with Crippen LogP contribution in [0, 0.1) is 11.8 Å². The second kappa shape index (κ2) is 6.80. The molecule has 3 nitrogen and oxygen atoms in total. The molecule has 3 unspecified atom stereocenters.